The molecule has 2 rings (SSSR count). The Morgan fingerprint density at radius 3 is 2.56 bits per heavy atom. The molecular weight excluding hydrogens is 208 g/mol. The van der Waals surface area contributed by atoms with Gasteiger partial charge in [0.1, 0.15) is 0 Å². The molecule has 86 valence electrons. The fourth-order valence-corrected chi connectivity index (χ4v) is 1.82. The number of nitrogens with zero attached hydrogens (tertiary/aromatic N) is 2. The van der Waals surface area contributed by atoms with Gasteiger partial charge in [0.25, 0.3) is 0 Å². The molecule has 0 amide bonds. The molecule has 1 aliphatic rings. The van der Waals surface area contributed by atoms with Crippen molar-refractivity contribution in [1.29, 1.82) is 0 Å². The first kappa shape index (κ1) is 10.9. The number of carbonyl (C=O) groups excluding carboxylic acids is 1. The van der Waals surface area contributed by atoms with Crippen molar-refractivity contribution in [3.8, 4) is 5.88 Å². The second-order valence-corrected chi connectivity index (χ2v) is 3.72. The van der Waals surface area contributed by atoms with Crippen LogP contribution in [-0.2, 0) is 17.6 Å². The Bertz CT molecular complexity index is 418. The van der Waals surface area contributed by atoms with Gasteiger partial charge in [-0.25, -0.2) is 14.8 Å². The Hall–Kier alpha value is -1.65. The number of rotatable bonds is 2. The molecule has 1 N–H and O–H groups in total. The first-order valence-electron chi connectivity index (χ1n) is 5.48. The number of hydrogen-bond donors (Lipinski definition) is 1. The summed E-state index contributed by atoms with van der Waals surface area (Å²) in [6.45, 7) is 1.97. The normalized spacial score (nSPS) is 14.3. The number of carbonyl (C=O) groups is 1. The van der Waals surface area contributed by atoms with Gasteiger partial charge in [-0.15, -0.1) is 0 Å². The van der Waals surface area contributed by atoms with Crippen molar-refractivity contribution in [3.63, 3.8) is 0 Å². The van der Waals surface area contributed by atoms with Crippen molar-refractivity contribution in [1.82, 2.24) is 9.97 Å². The third-order valence-electron chi connectivity index (χ3n) is 2.58. The van der Waals surface area contributed by atoms with E-state index in [1.807, 2.05) is 0 Å². The lowest BCUT2D eigenvalue weighted by Gasteiger charge is -2.14. The number of esters is 1. The Balaban J connectivity index is 2.35. The summed E-state index contributed by atoms with van der Waals surface area (Å²) in [5, 5.41) is 9.59. The van der Waals surface area contributed by atoms with Gasteiger partial charge in [-0.05, 0) is 32.6 Å². The van der Waals surface area contributed by atoms with Crippen LogP contribution < -0.4 is 0 Å². The molecule has 0 saturated heterocycles. The molecule has 0 atom stereocenters. The highest BCUT2D eigenvalue weighted by Gasteiger charge is 2.21. The van der Waals surface area contributed by atoms with E-state index in [0.29, 0.717) is 0 Å². The summed E-state index contributed by atoms with van der Waals surface area (Å²) in [5.41, 5.74) is 1.55. The molecule has 0 aliphatic heterocycles. The number of aryl methyl sites for hydroxylation is 2. The van der Waals surface area contributed by atoms with E-state index >= 15 is 0 Å². The van der Waals surface area contributed by atoms with E-state index < -0.39 is 5.97 Å². The maximum atomic E-state index is 11.5. The van der Waals surface area contributed by atoms with Crippen molar-refractivity contribution in [2.45, 2.75) is 32.6 Å². The number of hydrogen-bond acceptors (Lipinski definition) is 5. The largest absolute Gasteiger partial charge is 0.492 e. The van der Waals surface area contributed by atoms with Gasteiger partial charge >= 0.3 is 5.97 Å². The number of ether oxygens (including phenoxy) is 1. The molecule has 0 fully saturated rings. The molecule has 0 aromatic carbocycles. The molecule has 1 aliphatic carbocycles. The van der Waals surface area contributed by atoms with E-state index in [1.165, 1.54) is 0 Å². The zero-order valence-electron chi connectivity index (χ0n) is 9.19. The third kappa shape index (κ3) is 1.98. The molecule has 5 nitrogen and oxygen atoms in total. The van der Waals surface area contributed by atoms with Crippen LogP contribution in [0.25, 0.3) is 0 Å². The fraction of sp³-hybridized carbons (Fsp3) is 0.545. The second kappa shape index (κ2) is 4.47. The molecule has 1 heterocycles. The number of aromatic nitrogens is 2. The maximum Gasteiger partial charge on any atom is 0.362 e. The van der Waals surface area contributed by atoms with Crippen molar-refractivity contribution >= 4 is 5.97 Å². The predicted octanol–water partition coefficient (Wildman–Crippen LogP) is 1.24. The summed E-state index contributed by atoms with van der Waals surface area (Å²) in [7, 11) is 0. The minimum atomic E-state index is -0.610. The van der Waals surface area contributed by atoms with Crippen LogP contribution in [0.5, 0.6) is 5.88 Å². The van der Waals surface area contributed by atoms with Crippen LogP contribution in [0.3, 0.4) is 0 Å². The molecule has 5 heteroatoms. The summed E-state index contributed by atoms with van der Waals surface area (Å²) in [6.07, 6.45) is 3.74. The van der Waals surface area contributed by atoms with Crippen LogP contribution in [0, 0.1) is 0 Å². The van der Waals surface area contributed by atoms with E-state index in [-0.39, 0.29) is 18.2 Å². The van der Waals surface area contributed by atoms with Crippen LogP contribution in [-0.4, -0.2) is 27.7 Å². The summed E-state index contributed by atoms with van der Waals surface area (Å²) < 4.78 is 4.80. The van der Waals surface area contributed by atoms with Gasteiger partial charge in [0.05, 0.1) is 18.0 Å². The van der Waals surface area contributed by atoms with Gasteiger partial charge in [-0.1, -0.05) is 0 Å². The van der Waals surface area contributed by atoms with Gasteiger partial charge < -0.3 is 9.84 Å². The minimum absolute atomic E-state index is 0.0671. The lowest BCUT2D eigenvalue weighted by Crippen LogP contribution is -2.14. The summed E-state index contributed by atoms with van der Waals surface area (Å²) in [5.74, 6) is -0.931. The molecule has 1 aromatic heterocycles. The maximum absolute atomic E-state index is 11.5. The number of fused-ring (bicyclic) bond motifs is 1. The van der Waals surface area contributed by atoms with Crippen molar-refractivity contribution in [3.05, 3.63) is 17.1 Å². The van der Waals surface area contributed by atoms with Crippen LogP contribution >= 0.6 is 0 Å². The van der Waals surface area contributed by atoms with E-state index in [4.69, 9.17) is 4.74 Å². The van der Waals surface area contributed by atoms with Crippen LogP contribution in [0.15, 0.2) is 0 Å². The molecule has 0 bridgehead atoms. The van der Waals surface area contributed by atoms with E-state index in [0.717, 1.165) is 37.1 Å². The smallest absolute Gasteiger partial charge is 0.362 e. The van der Waals surface area contributed by atoms with Crippen LogP contribution in [0.4, 0.5) is 0 Å². The minimum Gasteiger partial charge on any atom is -0.492 e. The van der Waals surface area contributed by atoms with Crippen molar-refractivity contribution < 1.29 is 14.6 Å². The Morgan fingerprint density at radius 1 is 1.31 bits per heavy atom. The summed E-state index contributed by atoms with van der Waals surface area (Å²) in [6, 6.07) is 0. The molecular formula is C11H14N2O3. The van der Waals surface area contributed by atoms with Crippen LogP contribution in [0.1, 0.15) is 41.6 Å². The zero-order chi connectivity index (χ0) is 11.5. The quantitative estimate of drug-likeness (QED) is 0.762. The van der Waals surface area contributed by atoms with Gasteiger partial charge in [0, 0.05) is 0 Å². The monoisotopic (exact) mass is 222 g/mol. The lowest BCUT2D eigenvalue weighted by molar-refractivity contribution is 0.0514. The Labute approximate surface area is 93.5 Å². The number of aromatic hydroxyl groups is 1. The van der Waals surface area contributed by atoms with E-state index in [9.17, 15) is 9.90 Å². The Morgan fingerprint density at radius 2 is 1.94 bits per heavy atom. The third-order valence-corrected chi connectivity index (χ3v) is 2.58. The van der Waals surface area contributed by atoms with E-state index in [1.54, 1.807) is 6.92 Å². The average molecular weight is 222 g/mol. The highest BCUT2D eigenvalue weighted by Crippen LogP contribution is 2.22. The average Bonchev–Trinajstić information content (AvgIpc) is 2.28. The molecule has 0 radical (unpaired) electrons. The van der Waals surface area contributed by atoms with E-state index in [2.05, 4.69) is 9.97 Å². The topological polar surface area (TPSA) is 72.3 Å². The zero-order valence-corrected chi connectivity index (χ0v) is 9.19. The SMILES string of the molecule is CCOC(=O)c1nc2c(nc1O)CCCC2. The molecule has 16 heavy (non-hydrogen) atoms. The molecule has 0 spiro atoms. The van der Waals surface area contributed by atoms with Crippen molar-refractivity contribution in [2.75, 3.05) is 6.61 Å². The fourth-order valence-electron chi connectivity index (χ4n) is 1.82. The van der Waals surface area contributed by atoms with Gasteiger partial charge in [0.2, 0.25) is 11.6 Å². The standard InChI is InChI=1S/C11H14N2O3/c1-2-16-11(15)9-10(14)13-8-6-4-3-5-7(8)12-9/h2-6H2,1H3,(H,13,14). The summed E-state index contributed by atoms with van der Waals surface area (Å²) in [4.78, 5) is 19.6. The first-order chi connectivity index (χ1) is 7.72. The lowest BCUT2D eigenvalue weighted by atomic mass is 10.0. The van der Waals surface area contributed by atoms with Gasteiger partial charge in [-0.2, -0.15) is 0 Å². The molecule has 0 unspecified atom stereocenters. The van der Waals surface area contributed by atoms with Crippen LogP contribution in [0.2, 0.25) is 0 Å². The first-order valence-corrected chi connectivity index (χ1v) is 5.48. The van der Waals surface area contributed by atoms with Crippen molar-refractivity contribution in [2.24, 2.45) is 0 Å². The van der Waals surface area contributed by atoms with Gasteiger partial charge in [-0.3, -0.25) is 0 Å². The Kier molecular flexibility index (Phi) is 3.03. The van der Waals surface area contributed by atoms with Gasteiger partial charge in [0.15, 0.2) is 0 Å². The molecule has 1 aromatic rings. The summed E-state index contributed by atoms with van der Waals surface area (Å²) >= 11 is 0. The second-order valence-electron chi connectivity index (χ2n) is 3.72. The highest BCUT2D eigenvalue weighted by molar-refractivity contribution is 5.89. The molecule has 0 saturated carbocycles. The predicted molar refractivity (Wildman–Crippen MR) is 56.3 cm³/mol. The highest BCUT2D eigenvalue weighted by atomic mass is 16.5.